The van der Waals surface area contributed by atoms with Gasteiger partial charge in [-0.25, -0.2) is 0 Å². The first-order chi connectivity index (χ1) is 22.4. The zero-order chi connectivity index (χ0) is 36.6. The van der Waals surface area contributed by atoms with Gasteiger partial charge in [-0.3, -0.25) is 0 Å². The van der Waals surface area contributed by atoms with Gasteiger partial charge in [0.05, 0.1) is 0 Å². The van der Waals surface area contributed by atoms with Gasteiger partial charge in [0.1, 0.15) is 22.7 Å². The fourth-order valence-corrected chi connectivity index (χ4v) is 7.90. The molecule has 0 saturated carbocycles. The van der Waals surface area contributed by atoms with Gasteiger partial charge in [-0.1, -0.05) is 107 Å². The van der Waals surface area contributed by atoms with Gasteiger partial charge in [-0.05, 0) is 107 Å². The van der Waals surface area contributed by atoms with Crippen molar-refractivity contribution in [3.8, 4) is 22.6 Å². The number of phenolic OH excluding ortho intramolecular Hbond substituents is 1. The second-order valence-electron chi connectivity index (χ2n) is 18.2. The van der Waals surface area contributed by atoms with Crippen LogP contribution < -0.4 is 4.52 Å². The van der Waals surface area contributed by atoms with Crippen molar-refractivity contribution in [3.63, 3.8) is 0 Å². The highest BCUT2D eigenvalue weighted by Crippen LogP contribution is 2.50. The Hall–Kier alpha value is -3.62. The minimum atomic E-state index is -1.98. The minimum absolute atomic E-state index is 0.187. The molecule has 1 N–H and O–H groups in total. The standard InChI is InChI=1S/C44H57O4P/c1-25-17-30(29-24-37(45)33(23-28(29)4)41(5,6)7)38(34(20-25)42(8,9)10)46-49-47-39-31(18-26(2)21-35(39)43(11,12)13)32-19-27(3)22-36(40(32)48-49)44(14,15)16/h17-24,45H,1-16H3. The molecule has 0 spiro atoms. The van der Waals surface area contributed by atoms with E-state index in [0.29, 0.717) is 5.75 Å². The van der Waals surface area contributed by atoms with E-state index in [9.17, 15) is 5.11 Å². The molecule has 5 aromatic rings. The van der Waals surface area contributed by atoms with Crippen molar-refractivity contribution in [1.82, 2.24) is 0 Å². The monoisotopic (exact) mass is 680 g/mol. The summed E-state index contributed by atoms with van der Waals surface area (Å²) in [7, 11) is -1.98. The summed E-state index contributed by atoms with van der Waals surface area (Å²) in [6, 6.07) is 17.3. The normalized spacial score (nSPS) is 13.0. The van der Waals surface area contributed by atoms with Crippen LogP contribution in [0, 0.1) is 27.7 Å². The highest BCUT2D eigenvalue weighted by molar-refractivity contribution is 7.32. The third kappa shape index (κ3) is 7.32. The molecule has 0 atom stereocenters. The highest BCUT2D eigenvalue weighted by atomic mass is 31.1. The van der Waals surface area contributed by atoms with Gasteiger partial charge in [0, 0.05) is 33.0 Å². The summed E-state index contributed by atoms with van der Waals surface area (Å²) < 4.78 is 21.3. The molecule has 0 aliphatic carbocycles. The molecule has 0 saturated heterocycles. The minimum Gasteiger partial charge on any atom is -0.508 e. The summed E-state index contributed by atoms with van der Waals surface area (Å²) in [4.78, 5) is 0. The predicted octanol–water partition coefficient (Wildman–Crippen LogP) is 13.9. The fraction of sp³-hybridized carbons (Fsp3) is 0.455. The van der Waals surface area contributed by atoms with Crippen LogP contribution in [0.2, 0.25) is 0 Å². The SMILES string of the molecule is Cc1cc(-c2cc(O)c(C(C)(C)C)cc2C)c(Op2oc3c(C(C)(C)C)cc(C)cc3c3cc(C)cc(C(C)(C)C)c3o2)c(C(C)(C)C)c1. The summed E-state index contributed by atoms with van der Waals surface area (Å²) in [5.74, 6) is 0.998. The van der Waals surface area contributed by atoms with E-state index in [1.807, 2.05) is 6.07 Å². The van der Waals surface area contributed by atoms with Gasteiger partial charge in [0.25, 0.3) is 0 Å². The van der Waals surface area contributed by atoms with E-state index in [1.165, 1.54) is 11.1 Å². The van der Waals surface area contributed by atoms with Crippen LogP contribution in [-0.4, -0.2) is 5.11 Å². The van der Waals surface area contributed by atoms with Crippen molar-refractivity contribution >= 4 is 30.2 Å². The summed E-state index contributed by atoms with van der Waals surface area (Å²) in [6.45, 7) is 34.9. The molecule has 262 valence electrons. The van der Waals surface area contributed by atoms with Crippen molar-refractivity contribution in [3.05, 3.63) is 93.0 Å². The number of fused-ring (bicyclic) bond motifs is 3. The first kappa shape index (κ1) is 36.7. The Balaban J connectivity index is 1.95. The quantitative estimate of drug-likeness (QED) is 0.206. The molecular formula is C44H57O4P. The fourth-order valence-electron chi connectivity index (χ4n) is 6.75. The van der Waals surface area contributed by atoms with E-state index in [1.54, 1.807) is 0 Å². The van der Waals surface area contributed by atoms with Crippen LogP contribution in [0.15, 0.2) is 56.9 Å². The smallest absolute Gasteiger partial charge is 0.453 e. The van der Waals surface area contributed by atoms with Crippen molar-refractivity contribution in [2.24, 2.45) is 0 Å². The third-order valence-electron chi connectivity index (χ3n) is 9.35. The maximum atomic E-state index is 11.4. The predicted molar refractivity (Wildman–Crippen MR) is 210 cm³/mol. The maximum absolute atomic E-state index is 11.4. The Kier molecular flexibility index (Phi) is 9.21. The number of aryl methyl sites for hydroxylation is 4. The molecule has 0 aliphatic heterocycles. The molecule has 0 amide bonds. The Morgan fingerprint density at radius 3 is 1.33 bits per heavy atom. The van der Waals surface area contributed by atoms with Crippen LogP contribution in [-0.2, 0) is 21.7 Å². The van der Waals surface area contributed by atoms with Gasteiger partial charge in [0.2, 0.25) is 0 Å². The summed E-state index contributed by atoms with van der Waals surface area (Å²) in [5.41, 5.74) is 11.4. The molecule has 1 heterocycles. The van der Waals surface area contributed by atoms with E-state index >= 15 is 0 Å². The molecular weight excluding hydrogens is 623 g/mol. The van der Waals surface area contributed by atoms with E-state index < -0.39 is 8.24 Å². The zero-order valence-electron chi connectivity index (χ0n) is 32.7. The van der Waals surface area contributed by atoms with Crippen molar-refractivity contribution in [2.45, 2.75) is 132 Å². The average molecular weight is 681 g/mol. The van der Waals surface area contributed by atoms with Crippen molar-refractivity contribution in [1.29, 1.82) is 0 Å². The van der Waals surface area contributed by atoms with Crippen LogP contribution in [0.1, 0.15) is 128 Å². The molecule has 49 heavy (non-hydrogen) atoms. The van der Waals surface area contributed by atoms with E-state index in [0.717, 1.165) is 66.4 Å². The van der Waals surface area contributed by atoms with Gasteiger partial charge in [-0.2, -0.15) is 0 Å². The number of benzene rings is 4. The summed E-state index contributed by atoms with van der Waals surface area (Å²) >= 11 is 0. The average Bonchev–Trinajstić information content (AvgIpc) is 3.08. The van der Waals surface area contributed by atoms with Crippen molar-refractivity contribution < 1.29 is 18.0 Å². The van der Waals surface area contributed by atoms with E-state index in [-0.39, 0.29) is 27.4 Å². The Morgan fingerprint density at radius 1 is 0.490 bits per heavy atom. The molecule has 4 aromatic carbocycles. The number of hydrogen-bond acceptors (Lipinski definition) is 4. The summed E-state index contributed by atoms with van der Waals surface area (Å²) in [6.07, 6.45) is 0. The largest absolute Gasteiger partial charge is 0.508 e. The number of phenols is 1. The summed E-state index contributed by atoms with van der Waals surface area (Å²) in [5, 5.41) is 13.4. The second kappa shape index (κ2) is 12.3. The van der Waals surface area contributed by atoms with Crippen LogP contribution >= 0.6 is 8.24 Å². The molecule has 0 fully saturated rings. The Bertz CT molecular complexity index is 2040. The van der Waals surface area contributed by atoms with Gasteiger partial charge in [-0.15, -0.1) is 0 Å². The van der Waals surface area contributed by atoms with Gasteiger partial charge >= 0.3 is 8.24 Å². The Labute approximate surface area is 295 Å². The topological polar surface area (TPSA) is 55.7 Å². The molecule has 4 nitrogen and oxygen atoms in total. The van der Waals surface area contributed by atoms with Crippen LogP contribution in [0.3, 0.4) is 0 Å². The van der Waals surface area contributed by atoms with Crippen LogP contribution in [0.25, 0.3) is 33.1 Å². The van der Waals surface area contributed by atoms with Crippen LogP contribution in [0.4, 0.5) is 0 Å². The number of hydrogen-bond donors (Lipinski definition) is 1. The Morgan fingerprint density at radius 2 is 0.898 bits per heavy atom. The maximum Gasteiger partial charge on any atom is 0.453 e. The lowest BCUT2D eigenvalue weighted by Crippen LogP contribution is -2.14. The van der Waals surface area contributed by atoms with E-state index in [4.69, 9.17) is 12.9 Å². The molecule has 5 rings (SSSR count). The van der Waals surface area contributed by atoms with Crippen LogP contribution in [0.5, 0.6) is 11.5 Å². The van der Waals surface area contributed by atoms with Gasteiger partial charge < -0.3 is 18.0 Å². The van der Waals surface area contributed by atoms with Gasteiger partial charge in [0.15, 0.2) is 0 Å². The lowest BCUT2D eigenvalue weighted by atomic mass is 9.81. The zero-order valence-corrected chi connectivity index (χ0v) is 33.6. The lowest BCUT2D eigenvalue weighted by molar-refractivity contribution is 0.446. The van der Waals surface area contributed by atoms with Crippen molar-refractivity contribution in [2.75, 3.05) is 0 Å². The second-order valence-corrected chi connectivity index (χ2v) is 19.2. The van der Waals surface area contributed by atoms with E-state index in [2.05, 4.69) is 153 Å². The molecule has 0 aliphatic rings. The molecule has 1 aromatic heterocycles. The third-order valence-corrected chi connectivity index (χ3v) is 10.3. The molecule has 0 bridgehead atoms. The molecule has 0 unspecified atom stereocenters. The number of rotatable bonds is 3. The molecule has 5 heteroatoms. The highest BCUT2D eigenvalue weighted by Gasteiger charge is 2.29. The number of aromatic hydroxyl groups is 1. The lowest BCUT2D eigenvalue weighted by Gasteiger charge is -2.26. The molecule has 0 radical (unpaired) electrons. The first-order valence-corrected chi connectivity index (χ1v) is 18.6. The first-order valence-electron chi connectivity index (χ1n) is 17.5.